The lowest BCUT2D eigenvalue weighted by Gasteiger charge is -2.37. The molecule has 7 nitrogen and oxygen atoms in total. The lowest BCUT2D eigenvalue weighted by atomic mass is 9.91. The first-order valence-corrected chi connectivity index (χ1v) is 10.2. The molecule has 0 bridgehead atoms. The van der Waals surface area contributed by atoms with Gasteiger partial charge >= 0.3 is 0 Å². The first kappa shape index (κ1) is 20.3. The van der Waals surface area contributed by atoms with E-state index >= 15 is 0 Å². The van der Waals surface area contributed by atoms with Gasteiger partial charge in [-0.1, -0.05) is 17.3 Å². The SMILES string of the molecule is C/C=C1/C(=O)N2CC(c3nc(-c4cc(C)cn4C)no3)CCC2CC=C1N=C(C)F. The van der Waals surface area contributed by atoms with Crippen LogP contribution in [0, 0.1) is 6.92 Å². The minimum atomic E-state index is -0.555. The molecule has 8 heteroatoms. The fraction of sp³-hybridized carbons (Fsp3) is 0.455. The largest absolute Gasteiger partial charge is 0.348 e. The van der Waals surface area contributed by atoms with E-state index in [1.165, 1.54) is 6.92 Å². The van der Waals surface area contributed by atoms with Gasteiger partial charge in [-0.2, -0.15) is 9.37 Å². The quantitative estimate of drug-likeness (QED) is 0.563. The monoisotopic (exact) mass is 411 g/mol. The van der Waals surface area contributed by atoms with Crippen LogP contribution in [0.15, 0.2) is 45.2 Å². The van der Waals surface area contributed by atoms with Gasteiger partial charge in [-0.3, -0.25) is 4.79 Å². The first-order valence-electron chi connectivity index (χ1n) is 10.2. The third-order valence-corrected chi connectivity index (χ3v) is 5.78. The Kier molecular flexibility index (Phi) is 5.40. The maximum absolute atomic E-state index is 13.4. The number of amides is 1. The van der Waals surface area contributed by atoms with Crippen LogP contribution in [0.3, 0.4) is 0 Å². The van der Waals surface area contributed by atoms with Crippen LogP contribution in [-0.4, -0.2) is 44.1 Å². The van der Waals surface area contributed by atoms with Gasteiger partial charge in [0.05, 0.1) is 22.9 Å². The van der Waals surface area contributed by atoms with Gasteiger partial charge in [-0.05, 0) is 44.7 Å². The third kappa shape index (κ3) is 3.74. The first-order chi connectivity index (χ1) is 14.4. The van der Waals surface area contributed by atoms with Crippen LogP contribution in [0.1, 0.15) is 50.5 Å². The molecule has 2 aliphatic rings. The summed E-state index contributed by atoms with van der Waals surface area (Å²) in [5.41, 5.74) is 2.86. The lowest BCUT2D eigenvalue weighted by molar-refractivity contribution is -0.130. The second-order valence-corrected chi connectivity index (χ2v) is 7.99. The molecule has 30 heavy (non-hydrogen) atoms. The molecule has 0 N–H and O–H groups in total. The van der Waals surface area contributed by atoms with Gasteiger partial charge in [-0.25, -0.2) is 4.99 Å². The van der Waals surface area contributed by atoms with Crippen molar-refractivity contribution in [1.82, 2.24) is 19.6 Å². The van der Waals surface area contributed by atoms with E-state index in [2.05, 4.69) is 15.1 Å². The number of allylic oxidation sites excluding steroid dienone is 1. The predicted octanol–water partition coefficient (Wildman–Crippen LogP) is 4.08. The van der Waals surface area contributed by atoms with Crippen LogP contribution >= 0.6 is 0 Å². The number of fused-ring (bicyclic) bond motifs is 1. The maximum atomic E-state index is 13.4. The molecule has 1 fully saturated rings. The number of nitrogens with zero attached hydrogens (tertiary/aromatic N) is 5. The van der Waals surface area contributed by atoms with E-state index < -0.39 is 5.97 Å². The number of piperidine rings is 1. The van der Waals surface area contributed by atoms with Gasteiger partial charge in [0.15, 0.2) is 5.97 Å². The Balaban J connectivity index is 1.57. The van der Waals surface area contributed by atoms with Crippen molar-refractivity contribution in [3.05, 3.63) is 47.1 Å². The summed E-state index contributed by atoms with van der Waals surface area (Å²) in [4.78, 5) is 23.6. The average molecular weight is 411 g/mol. The van der Waals surface area contributed by atoms with Gasteiger partial charge < -0.3 is 14.0 Å². The van der Waals surface area contributed by atoms with Crippen molar-refractivity contribution in [2.45, 2.75) is 52.0 Å². The summed E-state index contributed by atoms with van der Waals surface area (Å²) in [6.45, 7) is 5.58. The highest BCUT2D eigenvalue weighted by molar-refractivity contribution is 5.99. The molecule has 0 aromatic carbocycles. The molecule has 1 amide bonds. The Morgan fingerprint density at radius 2 is 2.20 bits per heavy atom. The van der Waals surface area contributed by atoms with Gasteiger partial charge in [0.2, 0.25) is 11.7 Å². The maximum Gasteiger partial charge on any atom is 0.255 e. The molecule has 2 aromatic rings. The number of rotatable bonds is 3. The normalized spacial score (nSPS) is 24.1. The highest BCUT2D eigenvalue weighted by Crippen LogP contribution is 2.35. The average Bonchev–Trinajstić information content (AvgIpc) is 3.28. The number of aliphatic imine (C=N–C) groups is 1. The molecule has 4 heterocycles. The van der Waals surface area contributed by atoms with Crippen LogP contribution in [-0.2, 0) is 11.8 Å². The fourth-order valence-electron chi connectivity index (χ4n) is 4.34. The van der Waals surface area contributed by atoms with Gasteiger partial charge in [-0.15, -0.1) is 0 Å². The van der Waals surface area contributed by atoms with Crippen LogP contribution in [0.2, 0.25) is 0 Å². The van der Waals surface area contributed by atoms with Crippen molar-refractivity contribution in [2.75, 3.05) is 6.54 Å². The van der Waals surface area contributed by atoms with E-state index in [-0.39, 0.29) is 17.9 Å². The van der Waals surface area contributed by atoms with E-state index in [0.717, 1.165) is 24.1 Å². The Morgan fingerprint density at radius 3 is 2.87 bits per heavy atom. The smallest absolute Gasteiger partial charge is 0.255 e. The molecule has 0 saturated carbocycles. The summed E-state index contributed by atoms with van der Waals surface area (Å²) in [5.74, 6) is 0.390. The Morgan fingerprint density at radius 1 is 1.40 bits per heavy atom. The summed E-state index contributed by atoms with van der Waals surface area (Å²) in [6.07, 6.45) is 7.90. The molecule has 158 valence electrons. The molecular weight excluding hydrogens is 385 g/mol. The fourth-order valence-corrected chi connectivity index (χ4v) is 4.34. The van der Waals surface area contributed by atoms with E-state index in [0.29, 0.717) is 36.0 Å². The molecule has 2 atom stereocenters. The summed E-state index contributed by atoms with van der Waals surface area (Å²) in [7, 11) is 1.95. The lowest BCUT2D eigenvalue weighted by Crippen LogP contribution is -2.46. The zero-order valence-electron chi connectivity index (χ0n) is 17.7. The van der Waals surface area contributed by atoms with Crippen molar-refractivity contribution in [3.63, 3.8) is 0 Å². The summed E-state index contributed by atoms with van der Waals surface area (Å²) in [6, 6.07) is 2.08. The van der Waals surface area contributed by atoms with Crippen LogP contribution < -0.4 is 0 Å². The number of hydrogen-bond acceptors (Lipinski definition) is 5. The summed E-state index contributed by atoms with van der Waals surface area (Å²) in [5, 5.41) is 4.16. The molecule has 0 spiro atoms. The van der Waals surface area contributed by atoms with Gasteiger partial charge in [0.25, 0.3) is 5.91 Å². The standard InChI is InChI=1S/C22H26FN5O2/c1-5-17-18(24-14(3)23)9-8-16-7-6-15(12-28(16)22(17)29)21-25-20(26-30-21)19-10-13(2)11-27(19)4/h5,9-11,15-16H,6-8,12H2,1-4H3/b17-5+,24-14?. The van der Waals surface area contributed by atoms with E-state index in [9.17, 15) is 9.18 Å². The van der Waals surface area contributed by atoms with E-state index in [4.69, 9.17) is 4.52 Å². The van der Waals surface area contributed by atoms with E-state index in [1.807, 2.05) is 41.8 Å². The highest BCUT2D eigenvalue weighted by atomic mass is 19.1. The number of carbonyl (C=O) groups is 1. The van der Waals surface area contributed by atoms with E-state index in [1.54, 1.807) is 13.0 Å². The van der Waals surface area contributed by atoms with Crippen LogP contribution in [0.25, 0.3) is 11.5 Å². The molecule has 2 aromatic heterocycles. The van der Waals surface area contributed by atoms with Crippen LogP contribution in [0.4, 0.5) is 4.39 Å². The molecule has 0 aliphatic carbocycles. The predicted molar refractivity (Wildman–Crippen MR) is 112 cm³/mol. The molecule has 1 saturated heterocycles. The Hall–Kier alpha value is -3.03. The van der Waals surface area contributed by atoms with Crippen LogP contribution in [0.5, 0.6) is 0 Å². The highest BCUT2D eigenvalue weighted by Gasteiger charge is 2.37. The second kappa shape index (κ2) is 8.01. The summed E-state index contributed by atoms with van der Waals surface area (Å²) >= 11 is 0. The third-order valence-electron chi connectivity index (χ3n) is 5.78. The van der Waals surface area contributed by atoms with Crippen molar-refractivity contribution in [2.24, 2.45) is 12.0 Å². The number of hydrogen-bond donors (Lipinski definition) is 0. The zero-order valence-corrected chi connectivity index (χ0v) is 17.7. The van der Waals surface area contributed by atoms with Gasteiger partial charge in [0.1, 0.15) is 0 Å². The molecule has 2 unspecified atom stereocenters. The van der Waals surface area contributed by atoms with Gasteiger partial charge in [0, 0.05) is 32.8 Å². The molecule has 2 aliphatic heterocycles. The van der Waals surface area contributed by atoms with Crippen molar-refractivity contribution < 1.29 is 13.7 Å². The zero-order chi connectivity index (χ0) is 21.4. The minimum absolute atomic E-state index is 0.0288. The topological polar surface area (TPSA) is 76.5 Å². The minimum Gasteiger partial charge on any atom is -0.348 e. The molecular formula is C22H26FN5O2. The summed E-state index contributed by atoms with van der Waals surface area (Å²) < 4.78 is 21.0. The Labute approximate surface area is 175 Å². The Bertz CT molecular complexity index is 1060. The molecule has 0 radical (unpaired) electrons. The number of carbonyl (C=O) groups excluding carboxylic acids is 1. The van der Waals surface area contributed by atoms with Crippen molar-refractivity contribution in [3.8, 4) is 11.5 Å². The number of aromatic nitrogens is 3. The molecule has 4 rings (SSSR count). The number of aryl methyl sites for hydroxylation is 2. The second-order valence-electron chi connectivity index (χ2n) is 7.99. The van der Waals surface area contributed by atoms with Crippen molar-refractivity contribution in [1.29, 1.82) is 0 Å². The van der Waals surface area contributed by atoms with Crippen molar-refractivity contribution >= 4 is 11.9 Å². The number of halogens is 1.